The summed E-state index contributed by atoms with van der Waals surface area (Å²) in [5.74, 6) is -1.21. The molecule has 7 heteroatoms. The summed E-state index contributed by atoms with van der Waals surface area (Å²) in [6.07, 6.45) is 0.423. The van der Waals surface area contributed by atoms with E-state index in [1.54, 1.807) is 38.1 Å². The molecule has 2 aromatic heterocycles. The zero-order valence-corrected chi connectivity index (χ0v) is 17.9. The largest absolute Gasteiger partial charge is 0.459 e. The van der Waals surface area contributed by atoms with Crippen LogP contribution in [-0.4, -0.2) is 28.7 Å². The molecule has 2 aromatic carbocycles. The second kappa shape index (κ2) is 8.55. The van der Waals surface area contributed by atoms with Crippen LogP contribution in [0.2, 0.25) is 0 Å². The molecule has 1 amide bonds. The fourth-order valence-corrected chi connectivity index (χ4v) is 3.55. The molecule has 0 saturated carbocycles. The van der Waals surface area contributed by atoms with E-state index in [0.29, 0.717) is 11.3 Å². The first kappa shape index (κ1) is 21.1. The Kier molecular flexibility index (Phi) is 5.64. The number of anilines is 1. The maximum atomic E-state index is 13.0. The van der Waals surface area contributed by atoms with Crippen LogP contribution in [0.5, 0.6) is 0 Å². The summed E-state index contributed by atoms with van der Waals surface area (Å²) in [6.45, 7) is 5.17. The number of hydrogen-bond donors (Lipinski definition) is 2. The summed E-state index contributed by atoms with van der Waals surface area (Å²) in [7, 11) is 0. The lowest BCUT2D eigenvalue weighted by Crippen LogP contribution is -2.25. The van der Waals surface area contributed by atoms with Gasteiger partial charge >= 0.3 is 5.97 Å². The summed E-state index contributed by atoms with van der Waals surface area (Å²) < 4.78 is 10.6. The van der Waals surface area contributed by atoms with Crippen molar-refractivity contribution >= 4 is 34.3 Å². The van der Waals surface area contributed by atoms with Gasteiger partial charge in [0.25, 0.3) is 5.91 Å². The molecular formula is C25H22N2O5. The van der Waals surface area contributed by atoms with E-state index in [4.69, 9.17) is 9.15 Å². The first-order valence-electron chi connectivity index (χ1n) is 10.1. The minimum Gasteiger partial charge on any atom is -0.459 e. The van der Waals surface area contributed by atoms with Crippen molar-refractivity contribution in [1.29, 1.82) is 0 Å². The summed E-state index contributed by atoms with van der Waals surface area (Å²) in [4.78, 5) is 41.2. The molecule has 7 nitrogen and oxygen atoms in total. The standard InChI is InChI=1S/C25H22N2O5/c1-14-10-11-17(13-20(14)27-24(29)21-9-6-12-31-21)25(30)32-16(3)23(28)22-15(2)26-19-8-5-4-7-18(19)22/h4-13,16,26H,1-3H3,(H,27,29). The van der Waals surface area contributed by atoms with E-state index >= 15 is 0 Å². The van der Waals surface area contributed by atoms with E-state index in [-0.39, 0.29) is 17.1 Å². The van der Waals surface area contributed by atoms with E-state index < -0.39 is 18.0 Å². The SMILES string of the molecule is Cc1ccc(C(=O)OC(C)C(=O)c2c(C)[nH]c3ccccc23)cc1NC(=O)c1ccco1. The van der Waals surface area contributed by atoms with Crippen LogP contribution in [0.4, 0.5) is 5.69 Å². The zero-order valence-electron chi connectivity index (χ0n) is 17.9. The molecule has 2 N–H and O–H groups in total. The molecule has 0 spiro atoms. The van der Waals surface area contributed by atoms with Gasteiger partial charge in [-0.25, -0.2) is 4.79 Å². The molecule has 0 fully saturated rings. The number of rotatable bonds is 6. The smallest absolute Gasteiger partial charge is 0.338 e. The van der Waals surface area contributed by atoms with Gasteiger partial charge in [0.2, 0.25) is 5.78 Å². The molecule has 32 heavy (non-hydrogen) atoms. The average Bonchev–Trinajstić information content (AvgIpc) is 3.42. The van der Waals surface area contributed by atoms with Crippen LogP contribution in [-0.2, 0) is 4.74 Å². The Morgan fingerprint density at radius 2 is 1.81 bits per heavy atom. The fraction of sp³-hybridized carbons (Fsp3) is 0.160. The van der Waals surface area contributed by atoms with E-state index in [2.05, 4.69) is 10.3 Å². The number of H-pyrrole nitrogens is 1. The van der Waals surface area contributed by atoms with Crippen molar-refractivity contribution in [1.82, 2.24) is 4.98 Å². The van der Waals surface area contributed by atoms with Crippen LogP contribution in [0.15, 0.2) is 65.3 Å². The molecule has 4 aromatic rings. The number of fused-ring (bicyclic) bond motifs is 1. The number of amides is 1. The predicted molar refractivity (Wildman–Crippen MR) is 120 cm³/mol. The third kappa shape index (κ3) is 4.05. The minimum absolute atomic E-state index is 0.158. The molecule has 1 atom stereocenters. The number of ketones is 1. The van der Waals surface area contributed by atoms with Gasteiger partial charge < -0.3 is 19.5 Å². The van der Waals surface area contributed by atoms with Crippen molar-refractivity contribution in [2.45, 2.75) is 26.9 Å². The Morgan fingerprint density at radius 1 is 1.03 bits per heavy atom. The number of Topliss-reactive ketones (excluding diaryl/α,β-unsaturated/α-hetero) is 1. The number of ether oxygens (including phenoxy) is 1. The summed E-state index contributed by atoms with van der Waals surface area (Å²) in [5, 5.41) is 3.51. The quantitative estimate of drug-likeness (QED) is 0.329. The van der Waals surface area contributed by atoms with Crippen LogP contribution < -0.4 is 5.32 Å². The normalized spacial score (nSPS) is 11.8. The zero-order chi connectivity index (χ0) is 22.8. The monoisotopic (exact) mass is 430 g/mol. The van der Waals surface area contributed by atoms with Gasteiger partial charge in [0.1, 0.15) is 0 Å². The molecule has 0 bridgehead atoms. The first-order valence-corrected chi connectivity index (χ1v) is 10.1. The number of hydrogen-bond acceptors (Lipinski definition) is 5. The number of carbonyl (C=O) groups is 3. The van der Waals surface area contributed by atoms with Crippen molar-refractivity contribution in [3.63, 3.8) is 0 Å². The Labute approximate surface area is 184 Å². The van der Waals surface area contributed by atoms with Crippen molar-refractivity contribution in [3.8, 4) is 0 Å². The van der Waals surface area contributed by atoms with Crippen molar-refractivity contribution in [2.75, 3.05) is 5.32 Å². The maximum Gasteiger partial charge on any atom is 0.338 e. The highest BCUT2D eigenvalue weighted by Gasteiger charge is 2.25. The topological polar surface area (TPSA) is 101 Å². The van der Waals surface area contributed by atoms with Gasteiger partial charge in [-0.2, -0.15) is 0 Å². The summed E-state index contributed by atoms with van der Waals surface area (Å²) in [6, 6.07) is 15.5. The number of aromatic amines is 1. The van der Waals surface area contributed by atoms with E-state index in [1.807, 2.05) is 31.2 Å². The Bertz CT molecular complexity index is 1320. The fourth-order valence-electron chi connectivity index (χ4n) is 3.55. The van der Waals surface area contributed by atoms with Gasteiger partial charge in [-0.05, 0) is 56.7 Å². The Balaban J connectivity index is 1.51. The van der Waals surface area contributed by atoms with Crippen LogP contribution in [0.1, 0.15) is 49.5 Å². The minimum atomic E-state index is -0.983. The third-order valence-electron chi connectivity index (χ3n) is 5.26. The molecule has 2 heterocycles. The number of aromatic nitrogens is 1. The first-order chi connectivity index (χ1) is 15.3. The van der Waals surface area contributed by atoms with Gasteiger partial charge in [0.15, 0.2) is 11.9 Å². The average molecular weight is 430 g/mol. The number of benzene rings is 2. The van der Waals surface area contributed by atoms with E-state index in [9.17, 15) is 14.4 Å². The van der Waals surface area contributed by atoms with Gasteiger partial charge in [-0.15, -0.1) is 0 Å². The maximum absolute atomic E-state index is 13.0. The van der Waals surface area contributed by atoms with E-state index in [0.717, 1.165) is 22.2 Å². The van der Waals surface area contributed by atoms with E-state index in [1.165, 1.54) is 12.3 Å². The molecule has 0 aliphatic rings. The number of aryl methyl sites for hydroxylation is 2. The lowest BCUT2D eigenvalue weighted by atomic mass is 10.0. The molecule has 0 radical (unpaired) electrons. The number of furan rings is 1. The van der Waals surface area contributed by atoms with Crippen LogP contribution >= 0.6 is 0 Å². The van der Waals surface area contributed by atoms with Crippen LogP contribution in [0.25, 0.3) is 10.9 Å². The Morgan fingerprint density at radius 3 is 2.56 bits per heavy atom. The van der Waals surface area contributed by atoms with Crippen molar-refractivity contribution < 1.29 is 23.5 Å². The van der Waals surface area contributed by atoms with Gasteiger partial charge in [0, 0.05) is 27.8 Å². The van der Waals surface area contributed by atoms with Crippen LogP contribution in [0, 0.1) is 13.8 Å². The highest BCUT2D eigenvalue weighted by atomic mass is 16.5. The molecule has 4 rings (SSSR count). The summed E-state index contributed by atoms with van der Waals surface area (Å²) >= 11 is 0. The number of carbonyl (C=O) groups excluding carboxylic acids is 3. The van der Waals surface area contributed by atoms with Crippen molar-refractivity contribution in [3.05, 3.63) is 89.0 Å². The number of esters is 1. The molecule has 0 aliphatic carbocycles. The van der Waals surface area contributed by atoms with Gasteiger partial charge in [-0.3, -0.25) is 9.59 Å². The van der Waals surface area contributed by atoms with Gasteiger partial charge in [-0.1, -0.05) is 24.3 Å². The lowest BCUT2D eigenvalue weighted by molar-refractivity contribution is 0.0319. The second-order valence-electron chi connectivity index (χ2n) is 7.54. The lowest BCUT2D eigenvalue weighted by Gasteiger charge is -2.14. The molecule has 0 aliphatic heterocycles. The molecule has 162 valence electrons. The summed E-state index contributed by atoms with van der Waals surface area (Å²) in [5.41, 5.74) is 3.52. The molecular weight excluding hydrogens is 408 g/mol. The Hall–Kier alpha value is -4.13. The predicted octanol–water partition coefficient (Wildman–Crippen LogP) is 5.06. The highest BCUT2D eigenvalue weighted by Crippen LogP contribution is 2.25. The highest BCUT2D eigenvalue weighted by molar-refractivity contribution is 6.12. The molecule has 1 unspecified atom stereocenters. The second-order valence-corrected chi connectivity index (χ2v) is 7.54. The van der Waals surface area contributed by atoms with Gasteiger partial charge in [0.05, 0.1) is 11.8 Å². The number of nitrogens with one attached hydrogen (secondary N) is 2. The molecule has 0 saturated heterocycles. The number of para-hydroxylation sites is 1. The third-order valence-corrected chi connectivity index (χ3v) is 5.26. The van der Waals surface area contributed by atoms with Crippen LogP contribution in [0.3, 0.4) is 0 Å². The van der Waals surface area contributed by atoms with Crippen molar-refractivity contribution in [2.24, 2.45) is 0 Å².